The summed E-state index contributed by atoms with van der Waals surface area (Å²) in [6.45, 7) is -0.278. The topological polar surface area (TPSA) is 66.4 Å². The molecule has 0 aromatic heterocycles. The lowest BCUT2D eigenvalue weighted by Gasteiger charge is -2.22. The van der Waals surface area contributed by atoms with Crippen LogP contribution in [0.25, 0.3) is 0 Å². The molecule has 23 heavy (non-hydrogen) atoms. The smallest absolute Gasteiger partial charge is 0.243 e. The molecule has 0 saturated heterocycles. The number of rotatable bonds is 4. The predicted octanol–water partition coefficient (Wildman–Crippen LogP) is 1.77. The van der Waals surface area contributed by atoms with E-state index < -0.39 is 32.2 Å². The van der Waals surface area contributed by atoms with Crippen molar-refractivity contribution in [3.05, 3.63) is 65.2 Å². The average molecular weight is 339 g/mol. The fourth-order valence-corrected chi connectivity index (χ4v) is 4.00. The summed E-state index contributed by atoms with van der Waals surface area (Å²) < 4.78 is 53.3. The number of hydrogen-bond acceptors (Lipinski definition) is 3. The summed E-state index contributed by atoms with van der Waals surface area (Å²) >= 11 is 0. The van der Waals surface area contributed by atoms with Crippen LogP contribution in [0.5, 0.6) is 0 Å². The van der Waals surface area contributed by atoms with Crippen molar-refractivity contribution in [3.63, 3.8) is 0 Å². The Morgan fingerprint density at radius 1 is 1.09 bits per heavy atom. The van der Waals surface area contributed by atoms with Crippen molar-refractivity contribution in [2.45, 2.75) is 23.3 Å². The zero-order valence-corrected chi connectivity index (χ0v) is 12.9. The summed E-state index contributed by atoms with van der Waals surface area (Å²) in [5, 5.41) is 10.6. The fraction of sp³-hybridized carbons (Fsp3) is 0.250. The molecule has 1 aliphatic rings. The van der Waals surface area contributed by atoms with Crippen molar-refractivity contribution in [2.24, 2.45) is 0 Å². The van der Waals surface area contributed by atoms with Crippen molar-refractivity contribution in [1.29, 1.82) is 0 Å². The minimum absolute atomic E-state index is 0.278. The van der Waals surface area contributed by atoms with E-state index in [0.29, 0.717) is 18.9 Å². The number of sulfonamides is 1. The van der Waals surface area contributed by atoms with E-state index in [1.807, 2.05) is 24.3 Å². The highest BCUT2D eigenvalue weighted by Gasteiger charge is 2.36. The first-order chi connectivity index (χ1) is 10.8. The first-order valence-corrected chi connectivity index (χ1v) is 8.51. The lowest BCUT2D eigenvalue weighted by Crippen LogP contribution is -2.43. The molecule has 3 rings (SSSR count). The summed E-state index contributed by atoms with van der Waals surface area (Å²) in [6.07, 6.45) is 0.606. The van der Waals surface area contributed by atoms with Crippen molar-refractivity contribution in [3.8, 4) is 0 Å². The number of halogens is 2. The van der Waals surface area contributed by atoms with E-state index >= 15 is 0 Å². The lowest BCUT2D eigenvalue weighted by molar-refractivity contribution is 0.0567. The van der Waals surface area contributed by atoms with E-state index in [0.717, 1.165) is 23.3 Å². The quantitative estimate of drug-likeness (QED) is 0.892. The minimum Gasteiger partial charge on any atom is -0.388 e. The molecular weight excluding hydrogens is 324 g/mol. The van der Waals surface area contributed by atoms with Gasteiger partial charge in [-0.2, -0.15) is 0 Å². The molecule has 0 bridgehead atoms. The van der Waals surface area contributed by atoms with Crippen LogP contribution >= 0.6 is 0 Å². The number of aliphatic hydroxyl groups is 1. The second-order valence-corrected chi connectivity index (χ2v) is 7.48. The standard InChI is InChI=1S/C16H15F2NO3S/c17-13-5-6-14(18)15(7-13)23(21,22)19-10-16(20)8-11-3-1-2-4-12(11)9-16/h1-7,19-20H,8-10H2. The van der Waals surface area contributed by atoms with E-state index in [-0.39, 0.29) is 6.54 Å². The van der Waals surface area contributed by atoms with Gasteiger partial charge in [0.05, 0.1) is 5.60 Å². The van der Waals surface area contributed by atoms with Gasteiger partial charge in [-0.1, -0.05) is 24.3 Å². The normalized spacial score (nSPS) is 16.3. The van der Waals surface area contributed by atoms with Crippen LogP contribution in [0.3, 0.4) is 0 Å². The van der Waals surface area contributed by atoms with Gasteiger partial charge in [0.15, 0.2) is 0 Å². The molecule has 0 unspecified atom stereocenters. The van der Waals surface area contributed by atoms with Gasteiger partial charge >= 0.3 is 0 Å². The SMILES string of the molecule is O=S(=O)(NCC1(O)Cc2ccccc2C1)c1cc(F)ccc1F. The second kappa shape index (κ2) is 5.67. The van der Waals surface area contributed by atoms with Crippen LogP contribution in [-0.4, -0.2) is 25.7 Å². The zero-order valence-electron chi connectivity index (χ0n) is 12.1. The molecule has 0 radical (unpaired) electrons. The van der Waals surface area contributed by atoms with Crippen molar-refractivity contribution in [1.82, 2.24) is 4.72 Å². The highest BCUT2D eigenvalue weighted by molar-refractivity contribution is 7.89. The molecule has 1 aliphatic carbocycles. The highest BCUT2D eigenvalue weighted by atomic mass is 32.2. The van der Waals surface area contributed by atoms with Gasteiger partial charge < -0.3 is 5.11 Å². The molecule has 0 aliphatic heterocycles. The fourth-order valence-electron chi connectivity index (χ4n) is 2.79. The predicted molar refractivity (Wildman–Crippen MR) is 80.3 cm³/mol. The Bertz CT molecular complexity index is 827. The van der Waals surface area contributed by atoms with Gasteiger partial charge in [-0.15, -0.1) is 0 Å². The van der Waals surface area contributed by atoms with Crippen LogP contribution in [0.4, 0.5) is 8.78 Å². The largest absolute Gasteiger partial charge is 0.388 e. The minimum atomic E-state index is -4.25. The third-order valence-electron chi connectivity index (χ3n) is 3.93. The van der Waals surface area contributed by atoms with Gasteiger partial charge in [0.2, 0.25) is 10.0 Å². The monoisotopic (exact) mass is 339 g/mol. The van der Waals surface area contributed by atoms with Gasteiger partial charge in [0.25, 0.3) is 0 Å². The van der Waals surface area contributed by atoms with Crippen LogP contribution in [0.15, 0.2) is 47.4 Å². The molecule has 0 atom stereocenters. The maximum absolute atomic E-state index is 13.6. The maximum atomic E-state index is 13.6. The summed E-state index contributed by atoms with van der Waals surface area (Å²) in [7, 11) is -4.25. The molecule has 0 spiro atoms. The van der Waals surface area contributed by atoms with Crippen molar-refractivity contribution < 1.29 is 22.3 Å². The van der Waals surface area contributed by atoms with Crippen molar-refractivity contribution >= 4 is 10.0 Å². The molecule has 4 nitrogen and oxygen atoms in total. The number of nitrogens with one attached hydrogen (secondary N) is 1. The van der Waals surface area contributed by atoms with Crippen LogP contribution < -0.4 is 4.72 Å². The molecule has 0 heterocycles. The molecule has 0 fully saturated rings. The van der Waals surface area contributed by atoms with Gasteiger partial charge in [-0.05, 0) is 29.3 Å². The zero-order chi connectivity index (χ0) is 16.7. The Morgan fingerprint density at radius 2 is 1.70 bits per heavy atom. The Morgan fingerprint density at radius 3 is 2.30 bits per heavy atom. The van der Waals surface area contributed by atoms with E-state index in [2.05, 4.69) is 4.72 Å². The summed E-state index contributed by atoms with van der Waals surface area (Å²) in [4.78, 5) is -0.767. The molecule has 0 saturated carbocycles. The van der Waals surface area contributed by atoms with E-state index in [4.69, 9.17) is 0 Å². The van der Waals surface area contributed by atoms with Crippen LogP contribution in [0.2, 0.25) is 0 Å². The molecule has 122 valence electrons. The van der Waals surface area contributed by atoms with Gasteiger partial charge in [-0.25, -0.2) is 21.9 Å². The molecule has 2 N–H and O–H groups in total. The van der Waals surface area contributed by atoms with Gasteiger partial charge in [0, 0.05) is 19.4 Å². The number of hydrogen-bond donors (Lipinski definition) is 2. The highest BCUT2D eigenvalue weighted by Crippen LogP contribution is 2.29. The Hall–Kier alpha value is -1.83. The number of benzene rings is 2. The summed E-state index contributed by atoms with van der Waals surface area (Å²) in [6, 6.07) is 9.64. The van der Waals surface area contributed by atoms with E-state index in [1.54, 1.807) is 0 Å². The van der Waals surface area contributed by atoms with E-state index in [9.17, 15) is 22.3 Å². The number of fused-ring (bicyclic) bond motifs is 1. The lowest BCUT2D eigenvalue weighted by atomic mass is 10.0. The average Bonchev–Trinajstić information content (AvgIpc) is 2.84. The molecular formula is C16H15F2NO3S. The van der Waals surface area contributed by atoms with Crippen LogP contribution in [0, 0.1) is 11.6 Å². The van der Waals surface area contributed by atoms with Gasteiger partial charge in [0.1, 0.15) is 16.5 Å². The third-order valence-corrected chi connectivity index (χ3v) is 5.35. The molecule has 2 aromatic carbocycles. The molecule has 0 amide bonds. The van der Waals surface area contributed by atoms with Crippen LogP contribution in [-0.2, 0) is 22.9 Å². The summed E-state index contributed by atoms with van der Waals surface area (Å²) in [5.41, 5.74) is 0.623. The second-order valence-electron chi connectivity index (χ2n) is 5.75. The summed E-state index contributed by atoms with van der Waals surface area (Å²) in [5.74, 6) is -1.89. The Kier molecular flexibility index (Phi) is 3.95. The maximum Gasteiger partial charge on any atom is 0.243 e. The van der Waals surface area contributed by atoms with Gasteiger partial charge in [-0.3, -0.25) is 0 Å². The third kappa shape index (κ3) is 3.26. The molecule has 2 aromatic rings. The first kappa shape index (κ1) is 16.0. The van der Waals surface area contributed by atoms with Crippen LogP contribution in [0.1, 0.15) is 11.1 Å². The first-order valence-electron chi connectivity index (χ1n) is 7.03. The Labute approximate surface area is 132 Å². The van der Waals surface area contributed by atoms with Crippen molar-refractivity contribution in [2.75, 3.05) is 6.54 Å². The van der Waals surface area contributed by atoms with E-state index in [1.165, 1.54) is 0 Å². The molecule has 7 heteroatoms. The Balaban J connectivity index is 1.77.